The van der Waals surface area contributed by atoms with Crippen LogP contribution in [0, 0.1) is 11.7 Å². The van der Waals surface area contributed by atoms with E-state index < -0.39 is 5.92 Å². The molecule has 0 bridgehead atoms. The summed E-state index contributed by atoms with van der Waals surface area (Å²) < 4.78 is 29.4. The lowest BCUT2D eigenvalue weighted by molar-refractivity contribution is -0.126. The topological polar surface area (TPSA) is 77.1 Å². The van der Waals surface area contributed by atoms with Crippen LogP contribution in [0.3, 0.4) is 0 Å². The van der Waals surface area contributed by atoms with Crippen molar-refractivity contribution in [3.05, 3.63) is 47.8 Å². The highest BCUT2D eigenvalue weighted by Gasteiger charge is 2.36. The third-order valence-electron chi connectivity index (χ3n) is 5.16. The lowest BCUT2D eigenvalue weighted by Crippen LogP contribution is -2.34. The highest BCUT2D eigenvalue weighted by molar-refractivity contribution is 6.00. The molecule has 1 heterocycles. The Bertz CT molecular complexity index is 924. The molecular weight excluding hydrogens is 391 g/mol. The van der Waals surface area contributed by atoms with Crippen molar-refractivity contribution in [1.82, 2.24) is 5.32 Å². The molecule has 2 aromatic rings. The number of ether oxygens (including phenoxy) is 3. The monoisotopic (exact) mass is 416 g/mol. The average Bonchev–Trinajstić information content (AvgIpc) is 3.14. The van der Waals surface area contributed by atoms with Gasteiger partial charge in [-0.05, 0) is 24.6 Å². The third-order valence-corrected chi connectivity index (χ3v) is 5.16. The van der Waals surface area contributed by atoms with E-state index in [9.17, 15) is 14.0 Å². The molecule has 0 radical (unpaired) electrons. The number of amides is 2. The second kappa shape index (κ2) is 9.02. The first-order valence-corrected chi connectivity index (χ1v) is 9.54. The van der Waals surface area contributed by atoms with Gasteiger partial charge in [0.05, 0.1) is 39.0 Å². The highest BCUT2D eigenvalue weighted by Crippen LogP contribution is 2.42. The van der Waals surface area contributed by atoms with Gasteiger partial charge in [-0.15, -0.1) is 0 Å². The standard InChI is InChI=1S/C22H25FN2O5/c1-13(14-6-5-7-16(23)8-14)24-22(27)15-9-20(26)25(12-15)17-10-18(28-2)21(30-4)19(11-17)29-3/h5-8,10-11,13,15H,9,12H2,1-4H3,(H,24,27). The smallest absolute Gasteiger partial charge is 0.227 e. The highest BCUT2D eigenvalue weighted by atomic mass is 19.1. The summed E-state index contributed by atoms with van der Waals surface area (Å²) in [6, 6.07) is 9.05. The molecule has 0 spiro atoms. The Morgan fingerprint density at radius 1 is 1.13 bits per heavy atom. The number of carbonyl (C=O) groups excluding carboxylic acids is 2. The van der Waals surface area contributed by atoms with Gasteiger partial charge in [-0.2, -0.15) is 0 Å². The minimum absolute atomic E-state index is 0.0817. The SMILES string of the molecule is COc1cc(N2CC(C(=O)NC(C)c3cccc(F)c3)CC2=O)cc(OC)c1OC. The molecule has 1 aliphatic rings. The third kappa shape index (κ3) is 4.32. The number of anilines is 1. The van der Waals surface area contributed by atoms with Crippen LogP contribution in [0.25, 0.3) is 0 Å². The number of rotatable bonds is 7. The summed E-state index contributed by atoms with van der Waals surface area (Å²) in [4.78, 5) is 26.9. The van der Waals surface area contributed by atoms with Crippen molar-refractivity contribution >= 4 is 17.5 Å². The second-order valence-electron chi connectivity index (χ2n) is 7.07. The van der Waals surface area contributed by atoms with Crippen LogP contribution in [0.15, 0.2) is 36.4 Å². The largest absolute Gasteiger partial charge is 0.493 e. The maximum absolute atomic E-state index is 13.4. The predicted octanol–water partition coefficient (Wildman–Crippen LogP) is 3.08. The zero-order valence-corrected chi connectivity index (χ0v) is 17.4. The van der Waals surface area contributed by atoms with Crippen molar-refractivity contribution in [2.24, 2.45) is 5.92 Å². The van der Waals surface area contributed by atoms with Crippen LogP contribution in [0.1, 0.15) is 24.9 Å². The number of benzene rings is 2. The molecule has 2 aromatic carbocycles. The number of hydrogen-bond acceptors (Lipinski definition) is 5. The summed E-state index contributed by atoms with van der Waals surface area (Å²) in [5.41, 5.74) is 1.22. The van der Waals surface area contributed by atoms with Crippen molar-refractivity contribution in [2.45, 2.75) is 19.4 Å². The van der Waals surface area contributed by atoms with Gasteiger partial charge in [-0.3, -0.25) is 9.59 Å². The van der Waals surface area contributed by atoms with E-state index >= 15 is 0 Å². The summed E-state index contributed by atoms with van der Waals surface area (Å²) in [6.45, 7) is 2.00. The minimum atomic E-state index is -0.521. The van der Waals surface area contributed by atoms with Crippen LogP contribution in [0.5, 0.6) is 17.2 Å². The fraction of sp³-hybridized carbons (Fsp3) is 0.364. The van der Waals surface area contributed by atoms with E-state index in [0.717, 1.165) is 0 Å². The van der Waals surface area contributed by atoms with Crippen molar-refractivity contribution in [2.75, 3.05) is 32.8 Å². The molecule has 7 nitrogen and oxygen atoms in total. The second-order valence-corrected chi connectivity index (χ2v) is 7.07. The van der Waals surface area contributed by atoms with Gasteiger partial charge in [0.1, 0.15) is 5.82 Å². The summed E-state index contributed by atoms with van der Waals surface area (Å²) in [5, 5.41) is 2.87. The molecule has 8 heteroatoms. The van der Waals surface area contributed by atoms with E-state index in [1.807, 2.05) is 0 Å². The Hall–Kier alpha value is -3.29. The van der Waals surface area contributed by atoms with Crippen LogP contribution in [0.4, 0.5) is 10.1 Å². The molecule has 2 amide bonds. The Morgan fingerprint density at radius 2 is 1.80 bits per heavy atom. The van der Waals surface area contributed by atoms with Crippen molar-refractivity contribution in [3.63, 3.8) is 0 Å². The van der Waals surface area contributed by atoms with Gasteiger partial charge in [-0.25, -0.2) is 4.39 Å². The van der Waals surface area contributed by atoms with Gasteiger partial charge >= 0.3 is 0 Å². The van der Waals surface area contributed by atoms with Gasteiger partial charge < -0.3 is 24.4 Å². The molecular formula is C22H25FN2O5. The fourth-order valence-electron chi connectivity index (χ4n) is 3.55. The van der Waals surface area contributed by atoms with Crippen LogP contribution in [0.2, 0.25) is 0 Å². The molecule has 0 saturated carbocycles. The maximum Gasteiger partial charge on any atom is 0.227 e. The first-order chi connectivity index (χ1) is 14.4. The number of carbonyl (C=O) groups is 2. The molecule has 160 valence electrons. The molecule has 0 aliphatic carbocycles. The molecule has 1 fully saturated rings. The van der Waals surface area contributed by atoms with Crippen LogP contribution >= 0.6 is 0 Å². The predicted molar refractivity (Wildman–Crippen MR) is 110 cm³/mol. The number of halogens is 1. The summed E-state index contributed by atoms with van der Waals surface area (Å²) in [7, 11) is 4.50. The van der Waals surface area contributed by atoms with Crippen molar-refractivity contribution in [1.29, 1.82) is 0 Å². The van der Waals surface area contributed by atoms with E-state index in [-0.39, 0.29) is 36.6 Å². The van der Waals surface area contributed by atoms with E-state index in [2.05, 4.69) is 5.32 Å². The Labute approximate surface area is 174 Å². The molecule has 1 aliphatic heterocycles. The van der Waals surface area contributed by atoms with Crippen LogP contribution in [-0.4, -0.2) is 39.7 Å². The fourth-order valence-corrected chi connectivity index (χ4v) is 3.55. The molecule has 30 heavy (non-hydrogen) atoms. The van der Waals surface area contributed by atoms with Crippen LogP contribution < -0.4 is 24.4 Å². The Kier molecular flexibility index (Phi) is 6.44. The van der Waals surface area contributed by atoms with E-state index in [4.69, 9.17) is 14.2 Å². The lowest BCUT2D eigenvalue weighted by Gasteiger charge is -2.21. The Balaban J connectivity index is 1.75. The first-order valence-electron chi connectivity index (χ1n) is 9.54. The zero-order valence-electron chi connectivity index (χ0n) is 17.4. The number of hydrogen-bond donors (Lipinski definition) is 1. The first kappa shape index (κ1) is 21.4. The van der Waals surface area contributed by atoms with Crippen LogP contribution in [-0.2, 0) is 9.59 Å². The number of methoxy groups -OCH3 is 3. The summed E-state index contributed by atoms with van der Waals surface area (Å²) >= 11 is 0. The normalized spacial score (nSPS) is 16.9. The number of nitrogens with zero attached hydrogens (tertiary/aromatic N) is 1. The van der Waals surface area contributed by atoms with Gasteiger partial charge in [0.25, 0.3) is 0 Å². The molecule has 2 unspecified atom stereocenters. The average molecular weight is 416 g/mol. The molecule has 3 rings (SSSR count). The van der Waals surface area contributed by atoms with Crippen molar-refractivity contribution < 1.29 is 28.2 Å². The molecule has 1 saturated heterocycles. The summed E-state index contributed by atoms with van der Waals surface area (Å²) in [5.74, 6) is -0.0446. The Morgan fingerprint density at radius 3 is 2.37 bits per heavy atom. The quantitative estimate of drug-likeness (QED) is 0.751. The minimum Gasteiger partial charge on any atom is -0.493 e. The van der Waals surface area contributed by atoms with Gasteiger partial charge in [-0.1, -0.05) is 12.1 Å². The van der Waals surface area contributed by atoms with E-state index in [1.165, 1.54) is 38.4 Å². The lowest BCUT2D eigenvalue weighted by atomic mass is 10.0. The van der Waals surface area contributed by atoms with Gasteiger partial charge in [0, 0.05) is 25.1 Å². The number of nitrogens with one attached hydrogen (secondary N) is 1. The van der Waals surface area contributed by atoms with Gasteiger partial charge in [0.15, 0.2) is 11.5 Å². The van der Waals surface area contributed by atoms with Gasteiger partial charge in [0.2, 0.25) is 17.6 Å². The molecule has 1 N–H and O–H groups in total. The summed E-state index contributed by atoms with van der Waals surface area (Å²) in [6.07, 6.45) is 0.0817. The molecule has 0 aromatic heterocycles. The van der Waals surface area contributed by atoms with E-state index in [1.54, 1.807) is 31.2 Å². The molecule has 2 atom stereocenters. The zero-order chi connectivity index (χ0) is 21.8. The van der Waals surface area contributed by atoms with Crippen molar-refractivity contribution in [3.8, 4) is 17.2 Å². The maximum atomic E-state index is 13.4. The van der Waals surface area contributed by atoms with E-state index in [0.29, 0.717) is 28.5 Å².